The number of nitrogens with one attached hydrogen (secondary N) is 1. The highest BCUT2D eigenvalue weighted by atomic mass is 19.4. The molecule has 34 heavy (non-hydrogen) atoms. The lowest BCUT2D eigenvalue weighted by atomic mass is 9.66. The van der Waals surface area contributed by atoms with Crippen LogP contribution in [0.2, 0.25) is 0 Å². The molecule has 0 atom stereocenters. The summed E-state index contributed by atoms with van der Waals surface area (Å²) >= 11 is 0. The third-order valence-electron chi connectivity index (χ3n) is 5.49. The lowest BCUT2D eigenvalue weighted by molar-refractivity contribution is -0.192. The number of carboxylic acids is 1. The topological polar surface area (TPSA) is 159 Å². The number of hydrogen-bond acceptors (Lipinski definition) is 8. The number of rotatable bonds is 4. The average molecular weight is 474 g/mol. The number of carboxylic acid groups (broad SMARTS) is 1. The zero-order valence-electron chi connectivity index (χ0n) is 17.6. The molecule has 0 spiro atoms. The summed E-state index contributed by atoms with van der Waals surface area (Å²) in [6.45, 7) is 1.80. The second-order valence-corrected chi connectivity index (χ2v) is 7.78. The van der Waals surface area contributed by atoms with Gasteiger partial charge in [0.2, 0.25) is 5.89 Å². The van der Waals surface area contributed by atoms with Crippen LogP contribution in [0.3, 0.4) is 0 Å². The van der Waals surface area contributed by atoms with Crippen LogP contribution in [0, 0.1) is 18.3 Å². The second-order valence-electron chi connectivity index (χ2n) is 7.78. The fourth-order valence-electron chi connectivity index (χ4n) is 3.88. The van der Waals surface area contributed by atoms with Crippen molar-refractivity contribution < 1.29 is 27.6 Å². The average Bonchev–Trinajstić information content (AvgIpc) is 3.50. The van der Waals surface area contributed by atoms with Crippen molar-refractivity contribution in [2.24, 2.45) is 0 Å². The van der Waals surface area contributed by atoms with Crippen LogP contribution in [0.5, 0.6) is 0 Å². The molecule has 1 saturated carbocycles. The molecule has 0 aliphatic heterocycles. The van der Waals surface area contributed by atoms with Crippen LogP contribution >= 0.6 is 0 Å². The highest BCUT2D eigenvalue weighted by Crippen LogP contribution is 2.51. The standard InChI is InChI=1S/C18H16N8O.C2HF3O2/c1-11-24-17(27-25-11)12-6-18(7-12,3-4-19)26-9-13(8-23-26)15-14-2-5-20-16(14)22-10-21-15;3-2(4,5)1(6)7/h2,5,8-10,12H,3,6-7H2,1H3,(H,20,21,22);(H,6,7)/t12-,18-;. The van der Waals surface area contributed by atoms with E-state index in [1.54, 1.807) is 13.1 Å². The highest BCUT2D eigenvalue weighted by Gasteiger charge is 2.49. The van der Waals surface area contributed by atoms with Crippen LogP contribution in [0.15, 0.2) is 35.5 Å². The van der Waals surface area contributed by atoms with Gasteiger partial charge in [0.05, 0.1) is 29.9 Å². The lowest BCUT2D eigenvalue weighted by Crippen LogP contribution is -2.45. The van der Waals surface area contributed by atoms with Crippen LogP contribution in [-0.2, 0) is 10.3 Å². The maximum atomic E-state index is 10.6. The minimum atomic E-state index is -5.08. The van der Waals surface area contributed by atoms with E-state index in [4.69, 9.17) is 14.4 Å². The number of aliphatic carboxylic acids is 1. The molecular weight excluding hydrogens is 457 g/mol. The largest absolute Gasteiger partial charge is 0.490 e. The Labute approximate surface area is 189 Å². The van der Waals surface area contributed by atoms with E-state index in [9.17, 15) is 18.4 Å². The molecule has 0 radical (unpaired) electrons. The predicted molar refractivity (Wildman–Crippen MR) is 108 cm³/mol. The summed E-state index contributed by atoms with van der Waals surface area (Å²) < 4.78 is 38.9. The zero-order chi connectivity index (χ0) is 24.5. The maximum Gasteiger partial charge on any atom is 0.490 e. The van der Waals surface area contributed by atoms with Gasteiger partial charge in [0.15, 0.2) is 5.82 Å². The fourth-order valence-corrected chi connectivity index (χ4v) is 3.88. The summed E-state index contributed by atoms with van der Waals surface area (Å²) in [7, 11) is 0. The van der Waals surface area contributed by atoms with Crippen LogP contribution < -0.4 is 0 Å². The van der Waals surface area contributed by atoms with Crippen molar-refractivity contribution in [3.63, 3.8) is 0 Å². The third-order valence-corrected chi connectivity index (χ3v) is 5.49. The number of nitrogens with zero attached hydrogens (tertiary/aromatic N) is 7. The van der Waals surface area contributed by atoms with Crippen LogP contribution in [0.1, 0.15) is 36.9 Å². The Bertz CT molecular complexity index is 1360. The first kappa shape index (κ1) is 22.9. The molecule has 1 aliphatic carbocycles. The zero-order valence-corrected chi connectivity index (χ0v) is 17.6. The molecule has 11 nitrogen and oxygen atoms in total. The van der Waals surface area contributed by atoms with E-state index >= 15 is 0 Å². The summed E-state index contributed by atoms with van der Waals surface area (Å²) in [4.78, 5) is 25.0. The molecule has 0 bridgehead atoms. The second kappa shape index (κ2) is 8.58. The van der Waals surface area contributed by atoms with Crippen molar-refractivity contribution in [2.45, 2.75) is 43.8 Å². The predicted octanol–water partition coefficient (Wildman–Crippen LogP) is 3.33. The van der Waals surface area contributed by atoms with Gasteiger partial charge in [0.25, 0.3) is 0 Å². The van der Waals surface area contributed by atoms with Gasteiger partial charge in [-0.1, -0.05) is 5.16 Å². The Morgan fingerprint density at radius 2 is 2.15 bits per heavy atom. The van der Waals surface area contributed by atoms with E-state index in [-0.39, 0.29) is 11.5 Å². The van der Waals surface area contributed by atoms with E-state index < -0.39 is 12.1 Å². The van der Waals surface area contributed by atoms with Crippen molar-refractivity contribution in [1.82, 2.24) is 34.9 Å². The molecular formula is C20H17F3N8O3. The molecule has 0 aromatic carbocycles. The smallest absolute Gasteiger partial charge is 0.475 e. The maximum absolute atomic E-state index is 10.6. The Morgan fingerprint density at radius 3 is 2.76 bits per heavy atom. The number of fused-ring (bicyclic) bond motifs is 1. The molecule has 1 aliphatic rings. The van der Waals surface area contributed by atoms with Crippen molar-refractivity contribution in [3.8, 4) is 17.3 Å². The number of alkyl halides is 3. The monoisotopic (exact) mass is 474 g/mol. The van der Waals surface area contributed by atoms with E-state index in [2.05, 4.69) is 36.3 Å². The summed E-state index contributed by atoms with van der Waals surface area (Å²) in [5.41, 5.74) is 2.15. The van der Waals surface area contributed by atoms with Gasteiger partial charge in [-0.25, -0.2) is 14.8 Å². The number of carbonyl (C=O) groups is 1. The van der Waals surface area contributed by atoms with Crippen LogP contribution in [0.25, 0.3) is 22.3 Å². The molecule has 176 valence electrons. The van der Waals surface area contributed by atoms with Crippen molar-refractivity contribution in [2.75, 3.05) is 0 Å². The number of aryl methyl sites for hydroxylation is 1. The van der Waals surface area contributed by atoms with Gasteiger partial charge in [0.1, 0.15) is 12.0 Å². The van der Waals surface area contributed by atoms with Crippen molar-refractivity contribution in [1.29, 1.82) is 5.26 Å². The molecule has 1 fully saturated rings. The lowest BCUT2D eigenvalue weighted by Gasteiger charge is -2.44. The van der Waals surface area contributed by atoms with Crippen molar-refractivity contribution >= 4 is 17.0 Å². The van der Waals surface area contributed by atoms with Gasteiger partial charge in [0, 0.05) is 29.3 Å². The third kappa shape index (κ3) is 4.32. The van der Waals surface area contributed by atoms with E-state index in [1.807, 2.05) is 23.1 Å². The number of hydrogen-bond donors (Lipinski definition) is 2. The molecule has 0 saturated heterocycles. The first-order valence-corrected chi connectivity index (χ1v) is 9.94. The van der Waals surface area contributed by atoms with E-state index in [0.29, 0.717) is 18.1 Å². The molecule has 4 aromatic heterocycles. The fraction of sp³-hybridized carbons (Fsp3) is 0.350. The minimum absolute atomic E-state index is 0.155. The minimum Gasteiger partial charge on any atom is -0.475 e. The van der Waals surface area contributed by atoms with Gasteiger partial charge in [-0.15, -0.1) is 0 Å². The van der Waals surface area contributed by atoms with Crippen LogP contribution in [-0.4, -0.2) is 52.1 Å². The molecule has 4 heterocycles. The van der Waals surface area contributed by atoms with E-state index in [0.717, 1.165) is 35.1 Å². The molecule has 5 rings (SSSR count). The number of aromatic amines is 1. The van der Waals surface area contributed by atoms with Gasteiger partial charge in [-0.05, 0) is 25.8 Å². The van der Waals surface area contributed by atoms with E-state index in [1.165, 1.54) is 6.33 Å². The molecule has 2 N–H and O–H groups in total. The normalized spacial score (nSPS) is 19.7. The Kier molecular flexibility index (Phi) is 5.78. The molecule has 4 aromatic rings. The quantitative estimate of drug-likeness (QED) is 0.452. The van der Waals surface area contributed by atoms with Gasteiger partial charge in [-0.3, -0.25) is 4.68 Å². The SMILES string of the molecule is Cc1noc([C@H]2C[C@](CC#N)(n3cc(-c4ncnc5[nH]ccc45)cn3)C2)n1.O=C(O)C(F)(F)F. The summed E-state index contributed by atoms with van der Waals surface area (Å²) in [5.74, 6) is -1.34. The van der Waals surface area contributed by atoms with Gasteiger partial charge < -0.3 is 14.6 Å². The first-order valence-electron chi connectivity index (χ1n) is 9.94. The number of H-pyrrole nitrogens is 1. The summed E-state index contributed by atoms with van der Waals surface area (Å²) in [5, 5.41) is 25.8. The number of aromatic nitrogens is 7. The number of halogens is 3. The summed E-state index contributed by atoms with van der Waals surface area (Å²) in [6, 6.07) is 4.25. The summed E-state index contributed by atoms with van der Waals surface area (Å²) in [6.07, 6.45) is 3.90. The van der Waals surface area contributed by atoms with Crippen molar-refractivity contribution in [3.05, 3.63) is 42.7 Å². The first-order chi connectivity index (χ1) is 16.1. The Balaban J connectivity index is 0.000000344. The molecule has 14 heteroatoms. The Hall–Kier alpha value is -4.28. The Morgan fingerprint density at radius 1 is 1.41 bits per heavy atom. The van der Waals surface area contributed by atoms with Gasteiger partial charge >= 0.3 is 12.1 Å². The molecule has 0 unspecified atom stereocenters. The highest BCUT2D eigenvalue weighted by molar-refractivity contribution is 5.90. The van der Waals surface area contributed by atoms with Crippen LogP contribution in [0.4, 0.5) is 13.2 Å². The molecule has 0 amide bonds. The van der Waals surface area contributed by atoms with Gasteiger partial charge in [-0.2, -0.15) is 28.5 Å². The number of nitriles is 1.